The molecule has 0 spiro atoms. The second-order valence-electron chi connectivity index (χ2n) is 4.00. The van der Waals surface area contributed by atoms with Gasteiger partial charge in [-0.2, -0.15) is 0 Å². The average Bonchev–Trinajstić information content (AvgIpc) is 2.83. The van der Waals surface area contributed by atoms with E-state index < -0.39 is 0 Å². The first-order chi connectivity index (χ1) is 9.33. The molecule has 2 amide bonds. The zero-order valence-electron chi connectivity index (χ0n) is 10.1. The molecule has 1 aliphatic rings. The fraction of sp³-hybridized carbons (Fsp3) is 0. The standard InChI is InChI=1S/C13H13N5O/c19-13(16-18-9-4-3-8-14-18)15-17-10-7-11-5-1-2-6-12(11)17/h1-10,14H,(H2,15,16,19). The molecule has 0 unspecified atom stereocenters. The SMILES string of the molecule is O=C(NN1C=CC=CN1)Nn1ccc2ccccc21. The zero-order valence-corrected chi connectivity index (χ0v) is 10.1. The number of fused-ring (bicyclic) bond motifs is 1. The number of rotatable bonds is 2. The molecule has 3 N–H and O–H groups in total. The number of urea groups is 1. The van der Waals surface area contributed by atoms with Crippen LogP contribution in [-0.4, -0.2) is 15.8 Å². The molecule has 3 rings (SSSR count). The van der Waals surface area contributed by atoms with E-state index in [1.807, 2.05) is 48.7 Å². The van der Waals surface area contributed by atoms with Crippen molar-refractivity contribution in [3.63, 3.8) is 0 Å². The van der Waals surface area contributed by atoms with Crippen LogP contribution in [0.15, 0.2) is 61.1 Å². The van der Waals surface area contributed by atoms with Crippen LogP contribution in [0.25, 0.3) is 10.9 Å². The van der Waals surface area contributed by atoms with Crippen molar-refractivity contribution < 1.29 is 4.79 Å². The van der Waals surface area contributed by atoms with Crippen molar-refractivity contribution in [2.75, 3.05) is 5.43 Å². The molecule has 0 atom stereocenters. The molecule has 6 nitrogen and oxygen atoms in total. The summed E-state index contributed by atoms with van der Waals surface area (Å²) in [4.78, 5) is 11.8. The molecule has 0 radical (unpaired) electrons. The monoisotopic (exact) mass is 255 g/mol. The second kappa shape index (κ2) is 4.77. The number of hydrazine groups is 2. The van der Waals surface area contributed by atoms with Gasteiger partial charge >= 0.3 is 6.03 Å². The third-order valence-corrected chi connectivity index (χ3v) is 2.70. The molecule has 0 bridgehead atoms. The van der Waals surface area contributed by atoms with Crippen molar-refractivity contribution >= 4 is 16.9 Å². The molecule has 0 saturated carbocycles. The quantitative estimate of drug-likeness (QED) is 0.764. The third-order valence-electron chi connectivity index (χ3n) is 2.70. The largest absolute Gasteiger partial charge is 0.354 e. The Morgan fingerprint density at radius 1 is 1.11 bits per heavy atom. The first-order valence-corrected chi connectivity index (χ1v) is 5.85. The van der Waals surface area contributed by atoms with Crippen LogP contribution in [0, 0.1) is 0 Å². The number of hydrogen-bond donors (Lipinski definition) is 3. The number of carbonyl (C=O) groups is 1. The van der Waals surface area contributed by atoms with Gasteiger partial charge in [-0.05, 0) is 24.3 Å². The van der Waals surface area contributed by atoms with Gasteiger partial charge in [0.05, 0.1) is 5.52 Å². The molecule has 0 saturated heterocycles. The fourth-order valence-corrected chi connectivity index (χ4v) is 1.85. The lowest BCUT2D eigenvalue weighted by molar-refractivity contribution is 0.198. The number of para-hydroxylation sites is 1. The van der Waals surface area contributed by atoms with Crippen LogP contribution in [0.1, 0.15) is 0 Å². The minimum absolute atomic E-state index is 0.339. The van der Waals surface area contributed by atoms with Gasteiger partial charge in [0, 0.05) is 24.0 Å². The molecule has 2 aromatic rings. The lowest BCUT2D eigenvalue weighted by Crippen LogP contribution is -2.48. The second-order valence-corrected chi connectivity index (χ2v) is 4.00. The van der Waals surface area contributed by atoms with Crippen molar-refractivity contribution in [1.29, 1.82) is 0 Å². The Morgan fingerprint density at radius 3 is 2.84 bits per heavy atom. The zero-order chi connectivity index (χ0) is 13.1. The van der Waals surface area contributed by atoms with Crippen molar-refractivity contribution in [3.8, 4) is 0 Å². The maximum absolute atomic E-state index is 11.8. The number of nitrogens with zero attached hydrogens (tertiary/aromatic N) is 2. The highest BCUT2D eigenvalue weighted by molar-refractivity contribution is 5.86. The molecular weight excluding hydrogens is 242 g/mol. The van der Waals surface area contributed by atoms with Crippen LogP contribution < -0.4 is 16.3 Å². The molecule has 0 fully saturated rings. The van der Waals surface area contributed by atoms with E-state index in [4.69, 9.17) is 0 Å². The van der Waals surface area contributed by atoms with E-state index in [1.54, 1.807) is 17.1 Å². The van der Waals surface area contributed by atoms with Crippen LogP contribution in [0.5, 0.6) is 0 Å². The van der Waals surface area contributed by atoms with Crippen molar-refractivity contribution in [3.05, 3.63) is 61.1 Å². The number of hydrogen-bond acceptors (Lipinski definition) is 3. The van der Waals surface area contributed by atoms with E-state index in [-0.39, 0.29) is 6.03 Å². The summed E-state index contributed by atoms with van der Waals surface area (Å²) in [5.41, 5.74) is 9.17. The maximum Gasteiger partial charge on any atom is 0.354 e. The summed E-state index contributed by atoms with van der Waals surface area (Å²) >= 11 is 0. The van der Waals surface area contributed by atoms with Gasteiger partial charge in [0.1, 0.15) is 0 Å². The van der Waals surface area contributed by atoms with Crippen LogP contribution in [0.2, 0.25) is 0 Å². The molecule has 6 heteroatoms. The van der Waals surface area contributed by atoms with E-state index >= 15 is 0 Å². The van der Waals surface area contributed by atoms with Crippen LogP contribution >= 0.6 is 0 Å². The molecular formula is C13H13N5O. The Kier molecular flexibility index (Phi) is 2.82. The Bertz CT molecular complexity index is 658. The van der Waals surface area contributed by atoms with Gasteiger partial charge in [-0.3, -0.25) is 10.1 Å². The molecule has 96 valence electrons. The lowest BCUT2D eigenvalue weighted by atomic mass is 10.3. The highest BCUT2D eigenvalue weighted by Crippen LogP contribution is 2.13. The Hall–Kier alpha value is -2.89. The fourth-order valence-electron chi connectivity index (χ4n) is 1.85. The number of nitrogens with one attached hydrogen (secondary N) is 3. The number of allylic oxidation sites excluding steroid dienone is 2. The van der Waals surface area contributed by atoms with Gasteiger partial charge in [-0.15, -0.1) is 0 Å². The predicted octanol–water partition coefficient (Wildman–Crippen LogP) is 1.66. The molecule has 0 aliphatic carbocycles. The number of carbonyl (C=O) groups excluding carboxylic acids is 1. The summed E-state index contributed by atoms with van der Waals surface area (Å²) in [5, 5.41) is 2.53. The molecule has 2 heterocycles. The van der Waals surface area contributed by atoms with Crippen LogP contribution in [0.4, 0.5) is 4.79 Å². The number of benzene rings is 1. The van der Waals surface area contributed by atoms with Crippen LogP contribution in [-0.2, 0) is 0 Å². The summed E-state index contributed by atoms with van der Waals surface area (Å²) in [6.45, 7) is 0. The first kappa shape index (κ1) is 11.2. The Balaban J connectivity index is 1.69. The highest BCUT2D eigenvalue weighted by Gasteiger charge is 2.07. The highest BCUT2D eigenvalue weighted by atomic mass is 16.2. The Labute approximate surface area is 109 Å². The van der Waals surface area contributed by atoms with Gasteiger partial charge in [-0.1, -0.05) is 18.2 Å². The smallest absolute Gasteiger partial charge is 0.287 e. The van der Waals surface area contributed by atoms with Crippen molar-refractivity contribution in [2.24, 2.45) is 0 Å². The van der Waals surface area contributed by atoms with Gasteiger partial charge < -0.3 is 0 Å². The number of amides is 2. The summed E-state index contributed by atoms with van der Waals surface area (Å²) in [6.07, 6.45) is 8.86. The topological polar surface area (TPSA) is 61.3 Å². The number of aromatic nitrogens is 1. The van der Waals surface area contributed by atoms with Gasteiger partial charge in [0.15, 0.2) is 0 Å². The summed E-state index contributed by atoms with van der Waals surface area (Å²) in [6, 6.07) is 9.42. The summed E-state index contributed by atoms with van der Waals surface area (Å²) in [7, 11) is 0. The minimum Gasteiger partial charge on any atom is -0.287 e. The van der Waals surface area contributed by atoms with Crippen LogP contribution in [0.3, 0.4) is 0 Å². The van der Waals surface area contributed by atoms with E-state index in [2.05, 4.69) is 16.3 Å². The predicted molar refractivity (Wildman–Crippen MR) is 73.1 cm³/mol. The van der Waals surface area contributed by atoms with E-state index in [1.165, 1.54) is 5.12 Å². The maximum atomic E-state index is 11.8. The Morgan fingerprint density at radius 2 is 2.00 bits per heavy atom. The summed E-state index contributed by atoms with van der Waals surface area (Å²) in [5.74, 6) is 0. The first-order valence-electron chi connectivity index (χ1n) is 5.85. The molecule has 1 aromatic carbocycles. The van der Waals surface area contributed by atoms with E-state index in [0.29, 0.717) is 0 Å². The van der Waals surface area contributed by atoms with Gasteiger partial charge in [0.25, 0.3) is 0 Å². The lowest BCUT2D eigenvalue weighted by Gasteiger charge is -2.22. The molecule has 19 heavy (non-hydrogen) atoms. The van der Waals surface area contributed by atoms with Gasteiger partial charge in [0.2, 0.25) is 0 Å². The minimum atomic E-state index is -0.339. The third kappa shape index (κ3) is 2.37. The molecule has 1 aliphatic heterocycles. The normalized spacial score (nSPS) is 13.4. The van der Waals surface area contributed by atoms with E-state index in [9.17, 15) is 4.79 Å². The van der Waals surface area contributed by atoms with Crippen molar-refractivity contribution in [2.45, 2.75) is 0 Å². The average molecular weight is 255 g/mol. The van der Waals surface area contributed by atoms with Crippen molar-refractivity contribution in [1.82, 2.24) is 20.6 Å². The van der Waals surface area contributed by atoms with E-state index in [0.717, 1.165) is 10.9 Å². The molecule has 1 aromatic heterocycles. The van der Waals surface area contributed by atoms with Gasteiger partial charge in [-0.25, -0.2) is 20.8 Å². The summed E-state index contributed by atoms with van der Waals surface area (Å²) < 4.78 is 1.67.